The second kappa shape index (κ2) is 5.85. The molecule has 0 spiro atoms. The quantitative estimate of drug-likeness (QED) is 0.906. The van der Waals surface area contributed by atoms with Crippen LogP contribution < -0.4 is 4.74 Å². The van der Waals surface area contributed by atoms with Crippen LogP contribution in [0.3, 0.4) is 0 Å². The SMILES string of the molecule is Cc1ccccc1COc1ccc(C(C)O)cc1F. The molecule has 2 rings (SSSR count). The van der Waals surface area contributed by atoms with E-state index in [1.165, 1.54) is 6.07 Å². The van der Waals surface area contributed by atoms with Gasteiger partial charge < -0.3 is 9.84 Å². The highest BCUT2D eigenvalue weighted by atomic mass is 19.1. The Kier molecular flexibility index (Phi) is 4.17. The maximum Gasteiger partial charge on any atom is 0.165 e. The molecule has 0 saturated heterocycles. The van der Waals surface area contributed by atoms with Crippen molar-refractivity contribution >= 4 is 0 Å². The Balaban J connectivity index is 2.10. The Morgan fingerprint density at radius 2 is 1.95 bits per heavy atom. The molecular weight excluding hydrogens is 243 g/mol. The summed E-state index contributed by atoms with van der Waals surface area (Å²) in [6.07, 6.45) is -0.681. The average Bonchev–Trinajstić information content (AvgIpc) is 2.39. The van der Waals surface area contributed by atoms with Crippen LogP contribution in [0, 0.1) is 12.7 Å². The summed E-state index contributed by atoms with van der Waals surface area (Å²) in [5.74, 6) is -0.250. The van der Waals surface area contributed by atoms with Crippen LogP contribution in [-0.4, -0.2) is 5.11 Å². The van der Waals surface area contributed by atoms with Gasteiger partial charge in [0, 0.05) is 0 Å². The Hall–Kier alpha value is -1.87. The fourth-order valence-electron chi connectivity index (χ4n) is 1.82. The van der Waals surface area contributed by atoms with E-state index in [2.05, 4.69) is 0 Å². The van der Waals surface area contributed by atoms with Crippen LogP contribution in [0.25, 0.3) is 0 Å². The van der Waals surface area contributed by atoms with Crippen molar-refractivity contribution < 1.29 is 14.2 Å². The normalized spacial score (nSPS) is 12.2. The lowest BCUT2D eigenvalue weighted by molar-refractivity contribution is 0.198. The van der Waals surface area contributed by atoms with Gasteiger partial charge in [-0.05, 0) is 42.7 Å². The first-order chi connectivity index (χ1) is 9.08. The Morgan fingerprint density at radius 3 is 2.58 bits per heavy atom. The van der Waals surface area contributed by atoms with E-state index in [0.29, 0.717) is 12.2 Å². The number of aliphatic hydroxyl groups is 1. The number of ether oxygens (including phenoxy) is 1. The zero-order valence-electron chi connectivity index (χ0n) is 11.1. The van der Waals surface area contributed by atoms with Crippen LogP contribution in [0.2, 0.25) is 0 Å². The van der Waals surface area contributed by atoms with Gasteiger partial charge in [-0.25, -0.2) is 4.39 Å². The Labute approximate surface area is 112 Å². The molecule has 19 heavy (non-hydrogen) atoms. The predicted molar refractivity (Wildman–Crippen MR) is 72.5 cm³/mol. The molecular formula is C16H17FO2. The van der Waals surface area contributed by atoms with Crippen LogP contribution in [0.4, 0.5) is 4.39 Å². The zero-order valence-corrected chi connectivity index (χ0v) is 11.1. The number of hydrogen-bond acceptors (Lipinski definition) is 2. The highest BCUT2D eigenvalue weighted by Crippen LogP contribution is 2.23. The lowest BCUT2D eigenvalue weighted by Gasteiger charge is -2.11. The fraction of sp³-hybridized carbons (Fsp3) is 0.250. The average molecular weight is 260 g/mol. The van der Waals surface area contributed by atoms with Crippen molar-refractivity contribution in [2.75, 3.05) is 0 Å². The minimum Gasteiger partial charge on any atom is -0.486 e. The third-order valence-electron chi connectivity index (χ3n) is 3.08. The van der Waals surface area contributed by atoms with Gasteiger partial charge >= 0.3 is 0 Å². The van der Waals surface area contributed by atoms with Gasteiger partial charge in [0.25, 0.3) is 0 Å². The first kappa shape index (κ1) is 13.6. The second-order valence-corrected chi connectivity index (χ2v) is 4.58. The minimum absolute atomic E-state index is 0.202. The summed E-state index contributed by atoms with van der Waals surface area (Å²) in [5, 5.41) is 9.38. The molecule has 0 aliphatic rings. The van der Waals surface area contributed by atoms with Crippen molar-refractivity contribution in [2.45, 2.75) is 26.6 Å². The van der Waals surface area contributed by atoms with Gasteiger partial charge in [-0.2, -0.15) is 0 Å². The van der Waals surface area contributed by atoms with Crippen LogP contribution >= 0.6 is 0 Å². The van der Waals surface area contributed by atoms with Crippen LogP contribution in [0.5, 0.6) is 5.75 Å². The fourth-order valence-corrected chi connectivity index (χ4v) is 1.82. The summed E-state index contributed by atoms with van der Waals surface area (Å²) in [7, 11) is 0. The molecule has 0 fully saturated rings. The van der Waals surface area contributed by atoms with E-state index >= 15 is 0 Å². The van der Waals surface area contributed by atoms with Gasteiger partial charge in [-0.3, -0.25) is 0 Å². The highest BCUT2D eigenvalue weighted by molar-refractivity contribution is 5.31. The van der Waals surface area contributed by atoms with Gasteiger partial charge in [0.1, 0.15) is 6.61 Å². The maximum absolute atomic E-state index is 13.8. The molecule has 1 N–H and O–H groups in total. The number of rotatable bonds is 4. The van der Waals surface area contributed by atoms with Gasteiger partial charge in [-0.15, -0.1) is 0 Å². The molecule has 0 bridgehead atoms. The lowest BCUT2D eigenvalue weighted by atomic mass is 10.1. The van der Waals surface area contributed by atoms with E-state index < -0.39 is 11.9 Å². The molecule has 3 heteroatoms. The monoisotopic (exact) mass is 260 g/mol. The van der Waals surface area contributed by atoms with Gasteiger partial charge in [-0.1, -0.05) is 30.3 Å². The van der Waals surface area contributed by atoms with Crippen molar-refractivity contribution in [1.29, 1.82) is 0 Å². The van der Waals surface area contributed by atoms with E-state index in [0.717, 1.165) is 11.1 Å². The summed E-state index contributed by atoms with van der Waals surface area (Å²) in [6, 6.07) is 12.4. The van der Waals surface area contributed by atoms with Gasteiger partial charge in [0.15, 0.2) is 11.6 Å². The maximum atomic E-state index is 13.8. The molecule has 0 amide bonds. The topological polar surface area (TPSA) is 29.5 Å². The van der Waals surface area contributed by atoms with Crippen LogP contribution in [0.1, 0.15) is 29.7 Å². The molecule has 0 radical (unpaired) electrons. The summed E-state index contributed by atoms with van der Waals surface area (Å²) in [6.45, 7) is 3.92. The largest absolute Gasteiger partial charge is 0.486 e. The van der Waals surface area contributed by atoms with Crippen LogP contribution in [-0.2, 0) is 6.61 Å². The molecule has 2 aromatic rings. The highest BCUT2D eigenvalue weighted by Gasteiger charge is 2.08. The number of benzene rings is 2. The zero-order chi connectivity index (χ0) is 13.8. The molecule has 1 unspecified atom stereocenters. The summed E-state index contributed by atoms with van der Waals surface area (Å²) in [4.78, 5) is 0. The molecule has 1 atom stereocenters. The van der Waals surface area contributed by atoms with E-state index in [1.54, 1.807) is 19.1 Å². The van der Waals surface area contributed by atoms with Crippen molar-refractivity contribution in [3.05, 3.63) is 65.0 Å². The standard InChI is InChI=1S/C16H17FO2/c1-11-5-3-4-6-14(11)10-19-16-8-7-13(12(2)18)9-15(16)17/h3-9,12,18H,10H2,1-2H3. The van der Waals surface area contributed by atoms with Crippen molar-refractivity contribution in [1.82, 2.24) is 0 Å². The molecule has 0 aliphatic heterocycles. The number of hydrogen-bond donors (Lipinski definition) is 1. The number of aryl methyl sites for hydroxylation is 1. The molecule has 100 valence electrons. The van der Waals surface area contributed by atoms with Gasteiger partial charge in [0.05, 0.1) is 6.10 Å². The number of halogens is 1. The first-order valence-corrected chi connectivity index (χ1v) is 6.22. The van der Waals surface area contributed by atoms with Crippen molar-refractivity contribution in [3.63, 3.8) is 0 Å². The Morgan fingerprint density at radius 1 is 1.21 bits per heavy atom. The predicted octanol–water partition coefficient (Wildman–Crippen LogP) is 3.77. The molecule has 2 aromatic carbocycles. The molecule has 0 saturated carbocycles. The molecule has 0 aromatic heterocycles. The molecule has 0 aliphatic carbocycles. The van der Waals surface area contributed by atoms with Crippen molar-refractivity contribution in [3.8, 4) is 5.75 Å². The molecule has 2 nitrogen and oxygen atoms in total. The van der Waals surface area contributed by atoms with E-state index in [1.807, 2.05) is 31.2 Å². The van der Waals surface area contributed by atoms with Crippen LogP contribution in [0.15, 0.2) is 42.5 Å². The summed E-state index contributed by atoms with van der Waals surface area (Å²) < 4.78 is 19.3. The molecule has 0 heterocycles. The van der Waals surface area contributed by atoms with E-state index in [-0.39, 0.29) is 5.75 Å². The van der Waals surface area contributed by atoms with E-state index in [4.69, 9.17) is 4.74 Å². The number of aliphatic hydroxyl groups excluding tert-OH is 1. The minimum atomic E-state index is -0.681. The first-order valence-electron chi connectivity index (χ1n) is 6.22. The van der Waals surface area contributed by atoms with E-state index in [9.17, 15) is 9.50 Å². The summed E-state index contributed by atoms with van der Waals surface area (Å²) in [5.41, 5.74) is 2.69. The third-order valence-corrected chi connectivity index (χ3v) is 3.08. The lowest BCUT2D eigenvalue weighted by Crippen LogP contribution is -2.00. The van der Waals surface area contributed by atoms with Gasteiger partial charge in [0.2, 0.25) is 0 Å². The van der Waals surface area contributed by atoms with Crippen molar-refractivity contribution in [2.24, 2.45) is 0 Å². The smallest absolute Gasteiger partial charge is 0.165 e. The Bertz CT molecular complexity index is 564. The third kappa shape index (κ3) is 3.32. The summed E-state index contributed by atoms with van der Waals surface area (Å²) >= 11 is 0. The second-order valence-electron chi connectivity index (χ2n) is 4.58.